The molecule has 0 aliphatic carbocycles. The minimum atomic E-state index is 1.15. The van der Waals surface area contributed by atoms with E-state index in [1.54, 1.807) is 0 Å². The van der Waals surface area contributed by atoms with Crippen molar-refractivity contribution in [1.82, 2.24) is 9.13 Å². The molecule has 0 bridgehead atoms. The Kier molecular flexibility index (Phi) is 6.54. The Labute approximate surface area is 321 Å². The molecule has 3 heteroatoms. The van der Waals surface area contributed by atoms with E-state index in [0.717, 1.165) is 5.69 Å². The number of hydrogen-bond donors (Lipinski definition) is 0. The van der Waals surface area contributed by atoms with Crippen LogP contribution in [0.5, 0.6) is 0 Å². The first kappa shape index (κ1) is 30.5. The molecule has 0 aliphatic rings. The lowest BCUT2D eigenvalue weighted by molar-refractivity contribution is 1.18. The van der Waals surface area contributed by atoms with Gasteiger partial charge in [0.25, 0.3) is 0 Å². The number of hydrogen-bond acceptors (Lipinski definition) is 1. The zero-order chi connectivity index (χ0) is 36.0. The molecule has 0 radical (unpaired) electrons. The van der Waals surface area contributed by atoms with Gasteiger partial charge in [-0.3, -0.25) is 0 Å². The summed E-state index contributed by atoms with van der Waals surface area (Å²) in [7, 11) is 0. The summed E-state index contributed by atoms with van der Waals surface area (Å²) >= 11 is 1.90. The second-order valence-corrected chi connectivity index (χ2v) is 15.6. The van der Waals surface area contributed by atoms with E-state index in [1.807, 2.05) is 11.3 Å². The van der Waals surface area contributed by atoms with Gasteiger partial charge in [0.1, 0.15) is 0 Å². The van der Waals surface area contributed by atoms with Crippen molar-refractivity contribution in [3.63, 3.8) is 0 Å². The molecule has 256 valence electrons. The third-order valence-electron chi connectivity index (χ3n) is 11.5. The van der Waals surface area contributed by atoms with E-state index in [1.165, 1.54) is 102 Å². The van der Waals surface area contributed by atoms with Gasteiger partial charge in [0.05, 0.1) is 32.5 Å². The van der Waals surface area contributed by atoms with Crippen LogP contribution >= 0.6 is 11.3 Å². The topological polar surface area (TPSA) is 9.86 Å². The van der Waals surface area contributed by atoms with Crippen LogP contribution in [0.25, 0.3) is 108 Å². The Morgan fingerprint density at radius 1 is 0.327 bits per heavy atom. The van der Waals surface area contributed by atoms with Crippen molar-refractivity contribution in [2.75, 3.05) is 0 Å². The van der Waals surface area contributed by atoms with Crippen LogP contribution in [0, 0.1) is 0 Å². The quantitative estimate of drug-likeness (QED) is 0.172. The minimum absolute atomic E-state index is 1.15. The van der Waals surface area contributed by atoms with E-state index in [0.29, 0.717) is 0 Å². The lowest BCUT2D eigenvalue weighted by Gasteiger charge is -2.12. The molecule has 0 saturated carbocycles. The summed E-state index contributed by atoms with van der Waals surface area (Å²) in [6, 6.07) is 71.3. The second-order valence-electron chi connectivity index (χ2n) is 14.5. The number of aromatic nitrogens is 2. The van der Waals surface area contributed by atoms with Crippen LogP contribution in [0.1, 0.15) is 0 Å². The number of fused-ring (bicyclic) bond motifs is 11. The largest absolute Gasteiger partial charge is 0.309 e. The summed E-state index contributed by atoms with van der Waals surface area (Å²) in [5.41, 5.74) is 12.1. The van der Waals surface area contributed by atoms with E-state index in [4.69, 9.17) is 0 Å². The van der Waals surface area contributed by atoms with Crippen LogP contribution in [-0.2, 0) is 0 Å². The third-order valence-corrected chi connectivity index (χ3v) is 12.7. The van der Waals surface area contributed by atoms with E-state index in [9.17, 15) is 0 Å². The maximum Gasteiger partial charge on any atom is 0.0640 e. The predicted octanol–water partition coefficient (Wildman–Crippen LogP) is 14.7. The normalized spacial score (nSPS) is 12.0. The maximum absolute atomic E-state index is 2.51. The van der Waals surface area contributed by atoms with Crippen molar-refractivity contribution in [3.8, 4) is 33.6 Å². The average Bonchev–Trinajstić information content (AvgIpc) is 3.91. The molecular formula is C52H32N2S. The van der Waals surface area contributed by atoms with Gasteiger partial charge in [0.15, 0.2) is 0 Å². The summed E-state index contributed by atoms with van der Waals surface area (Å²) in [6.45, 7) is 0. The molecule has 9 aromatic carbocycles. The molecular weight excluding hydrogens is 685 g/mol. The van der Waals surface area contributed by atoms with Crippen molar-refractivity contribution in [3.05, 3.63) is 194 Å². The highest BCUT2D eigenvalue weighted by Gasteiger charge is 2.21. The van der Waals surface area contributed by atoms with Gasteiger partial charge in [-0.05, 0) is 81.6 Å². The average molecular weight is 717 g/mol. The van der Waals surface area contributed by atoms with Gasteiger partial charge >= 0.3 is 0 Å². The van der Waals surface area contributed by atoms with Gasteiger partial charge in [-0.15, -0.1) is 11.3 Å². The van der Waals surface area contributed by atoms with Gasteiger partial charge in [-0.25, -0.2) is 0 Å². The molecule has 0 unspecified atom stereocenters. The molecule has 0 N–H and O–H groups in total. The molecule has 0 spiro atoms. The molecule has 3 heterocycles. The fourth-order valence-electron chi connectivity index (χ4n) is 9.01. The zero-order valence-corrected chi connectivity index (χ0v) is 30.6. The highest BCUT2D eigenvalue weighted by Crippen LogP contribution is 2.45. The molecule has 0 atom stereocenters. The van der Waals surface area contributed by atoms with Crippen LogP contribution in [0.4, 0.5) is 0 Å². The van der Waals surface area contributed by atoms with E-state index in [-0.39, 0.29) is 0 Å². The number of nitrogens with zero attached hydrogens (tertiary/aromatic N) is 2. The Hall–Kier alpha value is -6.94. The van der Waals surface area contributed by atoms with Gasteiger partial charge in [0, 0.05) is 42.7 Å². The summed E-state index contributed by atoms with van der Waals surface area (Å²) in [6.07, 6.45) is 0. The van der Waals surface area contributed by atoms with Crippen molar-refractivity contribution >= 4 is 85.9 Å². The van der Waals surface area contributed by atoms with Crippen LogP contribution in [-0.4, -0.2) is 9.13 Å². The molecule has 12 aromatic rings. The Balaban J connectivity index is 1.09. The van der Waals surface area contributed by atoms with E-state index < -0.39 is 0 Å². The Morgan fingerprint density at radius 2 is 0.891 bits per heavy atom. The van der Waals surface area contributed by atoms with Gasteiger partial charge in [-0.1, -0.05) is 146 Å². The van der Waals surface area contributed by atoms with Crippen molar-refractivity contribution < 1.29 is 0 Å². The first-order valence-corrected chi connectivity index (χ1v) is 19.7. The Morgan fingerprint density at radius 3 is 1.65 bits per heavy atom. The number of rotatable bonds is 4. The first-order valence-electron chi connectivity index (χ1n) is 18.8. The second kappa shape index (κ2) is 11.8. The Bertz CT molecular complexity index is 3470. The lowest BCUT2D eigenvalue weighted by Crippen LogP contribution is -1.95. The fraction of sp³-hybridized carbons (Fsp3) is 0. The molecule has 0 amide bonds. The summed E-state index contributed by atoms with van der Waals surface area (Å²) in [5, 5.41) is 10.3. The summed E-state index contributed by atoms with van der Waals surface area (Å²) in [4.78, 5) is 0. The van der Waals surface area contributed by atoms with Crippen molar-refractivity contribution in [2.45, 2.75) is 0 Å². The fourth-order valence-corrected chi connectivity index (χ4v) is 10.2. The van der Waals surface area contributed by atoms with Crippen LogP contribution in [0.15, 0.2) is 194 Å². The monoisotopic (exact) mass is 716 g/mol. The molecule has 2 nitrogen and oxygen atoms in total. The number of benzene rings is 9. The standard InChI is InChI=1S/C52H32N2S/c1-2-12-33(13-3-1)34-24-26-35(27-25-34)37-15-10-16-38(30-37)53-45-21-8-6-18-40(45)43-32-49-44(31-48(43)53)41-19-7-9-22-46(41)54(49)47-23-11-20-42-51-39-17-5-4-14-36(39)28-29-50(51)55-52(42)47/h1-32H. The molecule has 3 aromatic heterocycles. The van der Waals surface area contributed by atoms with Crippen molar-refractivity contribution in [2.24, 2.45) is 0 Å². The highest BCUT2D eigenvalue weighted by atomic mass is 32.1. The SMILES string of the molecule is c1ccc(-c2ccc(-c3cccc(-n4c5ccccc5c5cc6c(cc54)c4ccccc4n6-c4cccc5c4sc4ccc6ccccc6c45)c3)cc2)cc1. The molecule has 0 aliphatic heterocycles. The van der Waals surface area contributed by atoms with Gasteiger partial charge < -0.3 is 9.13 Å². The lowest BCUT2D eigenvalue weighted by atomic mass is 10.00. The van der Waals surface area contributed by atoms with Gasteiger partial charge in [0.2, 0.25) is 0 Å². The van der Waals surface area contributed by atoms with E-state index >= 15 is 0 Å². The zero-order valence-electron chi connectivity index (χ0n) is 29.8. The van der Waals surface area contributed by atoms with Crippen LogP contribution < -0.4 is 0 Å². The van der Waals surface area contributed by atoms with Crippen LogP contribution in [0.3, 0.4) is 0 Å². The van der Waals surface area contributed by atoms with Crippen LogP contribution in [0.2, 0.25) is 0 Å². The summed E-state index contributed by atoms with van der Waals surface area (Å²) < 4.78 is 7.60. The first-order chi connectivity index (χ1) is 27.3. The maximum atomic E-state index is 2.51. The smallest absolute Gasteiger partial charge is 0.0640 e. The van der Waals surface area contributed by atoms with E-state index in [2.05, 4.69) is 203 Å². The minimum Gasteiger partial charge on any atom is -0.309 e. The van der Waals surface area contributed by atoms with Crippen molar-refractivity contribution in [1.29, 1.82) is 0 Å². The molecule has 0 saturated heterocycles. The van der Waals surface area contributed by atoms with Gasteiger partial charge in [-0.2, -0.15) is 0 Å². The molecule has 55 heavy (non-hydrogen) atoms. The molecule has 12 rings (SSSR count). The third kappa shape index (κ3) is 4.54. The number of thiophene rings is 1. The predicted molar refractivity (Wildman–Crippen MR) is 236 cm³/mol. The summed E-state index contributed by atoms with van der Waals surface area (Å²) in [5.74, 6) is 0. The highest BCUT2D eigenvalue weighted by molar-refractivity contribution is 7.26. The number of para-hydroxylation sites is 2. The molecule has 0 fully saturated rings.